The van der Waals surface area contributed by atoms with E-state index >= 15 is 0 Å². The van der Waals surface area contributed by atoms with Crippen molar-refractivity contribution in [2.24, 2.45) is 5.92 Å². The van der Waals surface area contributed by atoms with Crippen molar-refractivity contribution >= 4 is 21.6 Å². The normalized spacial score (nSPS) is 21.3. The van der Waals surface area contributed by atoms with Gasteiger partial charge in [-0.15, -0.1) is 0 Å². The van der Waals surface area contributed by atoms with Gasteiger partial charge in [0.15, 0.2) is 0 Å². The molecule has 21 heavy (non-hydrogen) atoms. The minimum Gasteiger partial charge on any atom is -0.382 e. The van der Waals surface area contributed by atoms with Crippen molar-refractivity contribution in [1.82, 2.24) is 4.90 Å². The zero-order valence-electron chi connectivity index (χ0n) is 13.9. The maximum atomic E-state index is 3.74. The lowest BCUT2D eigenvalue weighted by molar-refractivity contribution is 0.165. The van der Waals surface area contributed by atoms with Crippen LogP contribution in [0.15, 0.2) is 16.6 Å². The molecule has 2 nitrogen and oxygen atoms in total. The van der Waals surface area contributed by atoms with Crippen LogP contribution in [0.1, 0.15) is 44.2 Å². The molecule has 1 aliphatic heterocycles. The number of aryl methyl sites for hydroxylation is 2. The smallest absolute Gasteiger partial charge is 0.0348 e. The minimum atomic E-state index is 0.532. The van der Waals surface area contributed by atoms with E-state index in [1.807, 2.05) is 0 Å². The summed E-state index contributed by atoms with van der Waals surface area (Å²) in [6, 6.07) is 5.03. The van der Waals surface area contributed by atoms with Crippen LogP contribution < -0.4 is 5.32 Å². The predicted octanol–water partition coefficient (Wildman–Crippen LogP) is 4.99. The Morgan fingerprint density at radius 2 is 2.00 bits per heavy atom. The molecule has 3 heteroatoms. The zero-order chi connectivity index (χ0) is 15.4. The topological polar surface area (TPSA) is 15.3 Å². The van der Waals surface area contributed by atoms with Gasteiger partial charge in [0.05, 0.1) is 0 Å². The van der Waals surface area contributed by atoms with Gasteiger partial charge in [0, 0.05) is 22.7 Å². The van der Waals surface area contributed by atoms with Crippen molar-refractivity contribution in [3.05, 3.63) is 27.7 Å². The largest absolute Gasteiger partial charge is 0.382 e. The summed E-state index contributed by atoms with van der Waals surface area (Å²) in [6.07, 6.45) is 3.96. The van der Waals surface area contributed by atoms with E-state index in [0.717, 1.165) is 5.92 Å². The van der Waals surface area contributed by atoms with Crippen molar-refractivity contribution in [3.8, 4) is 0 Å². The number of hydrogen-bond acceptors (Lipinski definition) is 2. The zero-order valence-corrected chi connectivity index (χ0v) is 15.5. The Balaban J connectivity index is 1.99. The monoisotopic (exact) mass is 352 g/mol. The molecule has 2 atom stereocenters. The third-order valence-electron chi connectivity index (χ3n) is 4.62. The van der Waals surface area contributed by atoms with Gasteiger partial charge in [-0.3, -0.25) is 0 Å². The molecule has 1 aliphatic rings. The second-order valence-corrected chi connectivity index (χ2v) is 7.35. The number of likely N-dealkylation sites (tertiary alicyclic amines) is 1. The molecule has 0 aromatic heterocycles. The second kappa shape index (κ2) is 7.64. The van der Waals surface area contributed by atoms with Gasteiger partial charge >= 0.3 is 0 Å². The van der Waals surface area contributed by atoms with Gasteiger partial charge in [-0.1, -0.05) is 22.9 Å². The second-order valence-electron chi connectivity index (χ2n) is 6.56. The van der Waals surface area contributed by atoms with Gasteiger partial charge in [0.1, 0.15) is 0 Å². The fraction of sp³-hybridized carbons (Fsp3) is 0.667. The lowest BCUT2D eigenvalue weighted by atomic mass is 9.91. The first kappa shape index (κ1) is 16.8. The van der Waals surface area contributed by atoms with E-state index in [0.29, 0.717) is 6.04 Å². The molecule has 0 spiro atoms. The summed E-state index contributed by atoms with van der Waals surface area (Å²) in [6.45, 7) is 12.7. The highest BCUT2D eigenvalue weighted by Gasteiger charge is 2.24. The van der Waals surface area contributed by atoms with Gasteiger partial charge in [-0.25, -0.2) is 0 Å². The lowest BCUT2D eigenvalue weighted by Gasteiger charge is -2.36. The van der Waals surface area contributed by atoms with Crippen molar-refractivity contribution in [2.45, 2.75) is 53.0 Å². The molecular weight excluding hydrogens is 324 g/mol. The average molecular weight is 353 g/mol. The molecule has 1 N–H and O–H groups in total. The first-order valence-electron chi connectivity index (χ1n) is 8.27. The standard InChI is InChI=1S/C18H29BrN2/c1-5-8-21-9-6-7-16(12-21)15(4)20-17-10-13(2)18(19)14(3)11-17/h10-11,15-16,20H,5-9,12H2,1-4H3. The van der Waals surface area contributed by atoms with Gasteiger partial charge < -0.3 is 10.2 Å². The van der Waals surface area contributed by atoms with E-state index in [1.54, 1.807) is 0 Å². The number of benzene rings is 1. The minimum absolute atomic E-state index is 0.532. The van der Waals surface area contributed by atoms with Crippen LogP contribution in [0.3, 0.4) is 0 Å². The first-order chi connectivity index (χ1) is 10.0. The molecular formula is C18H29BrN2. The number of anilines is 1. The third kappa shape index (κ3) is 4.46. The summed E-state index contributed by atoms with van der Waals surface area (Å²) in [5.41, 5.74) is 3.87. The molecule has 1 aromatic rings. The summed E-state index contributed by atoms with van der Waals surface area (Å²) in [4.78, 5) is 2.63. The van der Waals surface area contributed by atoms with Crippen LogP contribution >= 0.6 is 15.9 Å². The van der Waals surface area contributed by atoms with E-state index in [1.165, 1.54) is 60.2 Å². The number of hydrogen-bond donors (Lipinski definition) is 1. The quantitative estimate of drug-likeness (QED) is 0.802. The van der Waals surface area contributed by atoms with Crippen LogP contribution in [0.2, 0.25) is 0 Å². The molecule has 0 bridgehead atoms. The van der Waals surface area contributed by atoms with Gasteiger partial charge in [-0.05, 0) is 82.3 Å². The number of rotatable bonds is 5. The Labute approximate surface area is 138 Å². The molecule has 1 fully saturated rings. The fourth-order valence-electron chi connectivity index (χ4n) is 3.43. The first-order valence-corrected chi connectivity index (χ1v) is 9.06. The highest BCUT2D eigenvalue weighted by atomic mass is 79.9. The summed E-state index contributed by atoms with van der Waals surface area (Å²) in [5.74, 6) is 0.759. The van der Waals surface area contributed by atoms with E-state index < -0.39 is 0 Å². The van der Waals surface area contributed by atoms with Crippen molar-refractivity contribution < 1.29 is 0 Å². The Bertz CT molecular complexity index is 447. The summed E-state index contributed by atoms with van der Waals surface area (Å²) in [7, 11) is 0. The van der Waals surface area contributed by atoms with Crippen LogP contribution in [-0.4, -0.2) is 30.6 Å². The van der Waals surface area contributed by atoms with E-state index in [4.69, 9.17) is 0 Å². The highest BCUT2D eigenvalue weighted by Crippen LogP contribution is 2.27. The van der Waals surface area contributed by atoms with Crippen LogP contribution in [0.4, 0.5) is 5.69 Å². The van der Waals surface area contributed by atoms with Crippen molar-refractivity contribution in [2.75, 3.05) is 25.0 Å². The predicted molar refractivity (Wildman–Crippen MR) is 96.2 cm³/mol. The third-order valence-corrected chi connectivity index (χ3v) is 5.87. The summed E-state index contributed by atoms with van der Waals surface area (Å²) >= 11 is 3.65. The maximum Gasteiger partial charge on any atom is 0.0348 e. The summed E-state index contributed by atoms with van der Waals surface area (Å²) in [5, 5.41) is 3.74. The Kier molecular flexibility index (Phi) is 6.12. The lowest BCUT2D eigenvalue weighted by Crippen LogP contribution is -2.42. The van der Waals surface area contributed by atoms with Crippen LogP contribution in [0.5, 0.6) is 0 Å². The molecule has 2 unspecified atom stereocenters. The SMILES string of the molecule is CCCN1CCCC(C(C)Nc2cc(C)c(Br)c(C)c2)C1. The molecule has 1 heterocycles. The highest BCUT2D eigenvalue weighted by molar-refractivity contribution is 9.10. The number of nitrogens with one attached hydrogen (secondary N) is 1. The fourth-order valence-corrected chi connectivity index (χ4v) is 3.66. The number of piperidine rings is 1. The molecule has 0 saturated carbocycles. The van der Waals surface area contributed by atoms with E-state index in [2.05, 4.69) is 66.0 Å². The maximum absolute atomic E-state index is 3.74. The van der Waals surface area contributed by atoms with Gasteiger partial charge in [0.25, 0.3) is 0 Å². The van der Waals surface area contributed by atoms with Crippen molar-refractivity contribution in [1.29, 1.82) is 0 Å². The van der Waals surface area contributed by atoms with E-state index in [-0.39, 0.29) is 0 Å². The van der Waals surface area contributed by atoms with Crippen LogP contribution in [0.25, 0.3) is 0 Å². The molecule has 0 aliphatic carbocycles. The number of nitrogens with zero attached hydrogens (tertiary/aromatic N) is 1. The molecule has 0 amide bonds. The molecule has 1 saturated heterocycles. The molecule has 0 radical (unpaired) electrons. The van der Waals surface area contributed by atoms with E-state index in [9.17, 15) is 0 Å². The van der Waals surface area contributed by atoms with Gasteiger partial charge in [-0.2, -0.15) is 0 Å². The van der Waals surface area contributed by atoms with Crippen LogP contribution in [0, 0.1) is 19.8 Å². The Hall–Kier alpha value is -0.540. The van der Waals surface area contributed by atoms with Crippen LogP contribution in [-0.2, 0) is 0 Å². The van der Waals surface area contributed by atoms with Crippen molar-refractivity contribution in [3.63, 3.8) is 0 Å². The molecule has 1 aromatic carbocycles. The molecule has 2 rings (SSSR count). The van der Waals surface area contributed by atoms with Gasteiger partial charge in [0.2, 0.25) is 0 Å². The summed E-state index contributed by atoms with van der Waals surface area (Å²) < 4.78 is 1.23. The number of halogens is 1. The Morgan fingerprint density at radius 1 is 1.33 bits per heavy atom. The Morgan fingerprint density at radius 3 is 2.62 bits per heavy atom. The average Bonchev–Trinajstić information content (AvgIpc) is 2.45. The molecule has 118 valence electrons.